The molecule has 0 heterocycles. The summed E-state index contributed by atoms with van der Waals surface area (Å²) in [5, 5.41) is 3.32. The van der Waals surface area contributed by atoms with Gasteiger partial charge in [-0.15, -0.1) is 0 Å². The van der Waals surface area contributed by atoms with Crippen LogP contribution in [0.1, 0.15) is 20.8 Å². The standard InChI is InChI=1S/C14H21BrFNO2/c1-14(2,3)17-8-11(9-18-4)19-13-7-10(15)5-6-12(13)16/h5-7,11,17H,8-9H2,1-4H3. The van der Waals surface area contributed by atoms with Crippen LogP contribution in [0.15, 0.2) is 22.7 Å². The number of methoxy groups -OCH3 is 1. The molecule has 1 N–H and O–H groups in total. The van der Waals surface area contributed by atoms with E-state index in [1.54, 1.807) is 19.2 Å². The Labute approximate surface area is 122 Å². The molecule has 0 amide bonds. The maximum atomic E-state index is 13.6. The number of hydrogen-bond acceptors (Lipinski definition) is 3. The third kappa shape index (κ3) is 6.36. The minimum atomic E-state index is -0.375. The van der Waals surface area contributed by atoms with Crippen LogP contribution in [0.25, 0.3) is 0 Å². The van der Waals surface area contributed by atoms with Crippen LogP contribution < -0.4 is 10.1 Å². The van der Waals surface area contributed by atoms with E-state index in [2.05, 4.69) is 42.0 Å². The first-order chi connectivity index (χ1) is 8.81. The first-order valence-electron chi connectivity index (χ1n) is 6.17. The van der Waals surface area contributed by atoms with E-state index in [1.807, 2.05) is 0 Å². The Bertz CT molecular complexity index is 407. The van der Waals surface area contributed by atoms with Crippen molar-refractivity contribution in [1.82, 2.24) is 5.32 Å². The molecule has 0 saturated carbocycles. The molecule has 5 heteroatoms. The molecule has 1 unspecified atom stereocenters. The summed E-state index contributed by atoms with van der Waals surface area (Å²) in [6.45, 7) is 7.18. The molecule has 3 nitrogen and oxygen atoms in total. The lowest BCUT2D eigenvalue weighted by Crippen LogP contribution is -2.44. The van der Waals surface area contributed by atoms with Crippen LogP contribution in [-0.2, 0) is 4.74 Å². The maximum absolute atomic E-state index is 13.6. The fraction of sp³-hybridized carbons (Fsp3) is 0.571. The normalized spacial score (nSPS) is 13.4. The lowest BCUT2D eigenvalue weighted by atomic mass is 10.1. The third-order valence-electron chi connectivity index (χ3n) is 2.40. The number of rotatable bonds is 6. The predicted octanol–water partition coefficient (Wildman–Crippen LogP) is 3.37. The predicted molar refractivity (Wildman–Crippen MR) is 78.1 cm³/mol. The van der Waals surface area contributed by atoms with Crippen molar-refractivity contribution in [3.05, 3.63) is 28.5 Å². The van der Waals surface area contributed by atoms with Gasteiger partial charge in [-0.1, -0.05) is 15.9 Å². The highest BCUT2D eigenvalue weighted by molar-refractivity contribution is 9.10. The zero-order chi connectivity index (χ0) is 14.5. The number of benzene rings is 1. The molecule has 19 heavy (non-hydrogen) atoms. The molecule has 0 saturated heterocycles. The van der Waals surface area contributed by atoms with Gasteiger partial charge in [0, 0.05) is 23.7 Å². The summed E-state index contributed by atoms with van der Waals surface area (Å²) in [6.07, 6.45) is -0.243. The summed E-state index contributed by atoms with van der Waals surface area (Å²) in [5.74, 6) is -0.146. The quantitative estimate of drug-likeness (QED) is 0.865. The Balaban J connectivity index is 2.69. The van der Waals surface area contributed by atoms with E-state index in [0.29, 0.717) is 13.2 Å². The Morgan fingerprint density at radius 1 is 1.37 bits per heavy atom. The van der Waals surface area contributed by atoms with Crippen LogP contribution in [0.3, 0.4) is 0 Å². The van der Waals surface area contributed by atoms with Crippen LogP contribution in [0.5, 0.6) is 5.75 Å². The lowest BCUT2D eigenvalue weighted by molar-refractivity contribution is 0.0738. The van der Waals surface area contributed by atoms with Crippen molar-refractivity contribution >= 4 is 15.9 Å². The molecule has 0 radical (unpaired) electrons. The minimum Gasteiger partial charge on any atom is -0.484 e. The topological polar surface area (TPSA) is 30.5 Å². The zero-order valence-corrected chi connectivity index (χ0v) is 13.4. The van der Waals surface area contributed by atoms with Crippen LogP contribution in [0.4, 0.5) is 4.39 Å². The molecule has 0 aliphatic rings. The van der Waals surface area contributed by atoms with Gasteiger partial charge in [0.05, 0.1) is 6.61 Å². The highest BCUT2D eigenvalue weighted by Crippen LogP contribution is 2.23. The van der Waals surface area contributed by atoms with Gasteiger partial charge in [-0.25, -0.2) is 4.39 Å². The molecular weight excluding hydrogens is 313 g/mol. The van der Waals surface area contributed by atoms with Crippen molar-refractivity contribution in [2.45, 2.75) is 32.4 Å². The van der Waals surface area contributed by atoms with Crippen molar-refractivity contribution in [2.75, 3.05) is 20.3 Å². The smallest absolute Gasteiger partial charge is 0.165 e. The molecule has 0 aliphatic carbocycles. The fourth-order valence-electron chi connectivity index (χ4n) is 1.49. The second kappa shape index (κ2) is 7.22. The van der Waals surface area contributed by atoms with Crippen LogP contribution >= 0.6 is 15.9 Å². The Hall–Kier alpha value is -0.650. The Morgan fingerprint density at radius 2 is 2.05 bits per heavy atom. The molecule has 1 atom stereocenters. The average Bonchev–Trinajstić information content (AvgIpc) is 2.30. The van der Waals surface area contributed by atoms with E-state index < -0.39 is 0 Å². The average molecular weight is 334 g/mol. The van der Waals surface area contributed by atoms with Crippen molar-refractivity contribution in [3.63, 3.8) is 0 Å². The number of halogens is 2. The molecule has 1 rings (SSSR count). The van der Waals surface area contributed by atoms with Gasteiger partial charge in [-0.2, -0.15) is 0 Å². The molecule has 0 bridgehead atoms. The van der Waals surface area contributed by atoms with E-state index in [4.69, 9.17) is 9.47 Å². The summed E-state index contributed by atoms with van der Waals surface area (Å²) < 4.78 is 25.2. The highest BCUT2D eigenvalue weighted by atomic mass is 79.9. The SMILES string of the molecule is COCC(CNC(C)(C)C)Oc1cc(Br)ccc1F. The van der Waals surface area contributed by atoms with Crippen molar-refractivity contribution in [3.8, 4) is 5.75 Å². The van der Waals surface area contributed by atoms with Gasteiger partial charge in [-0.3, -0.25) is 0 Å². The summed E-state index contributed by atoms with van der Waals surface area (Å²) in [6, 6.07) is 4.64. The number of ether oxygens (including phenoxy) is 2. The van der Waals surface area contributed by atoms with E-state index >= 15 is 0 Å². The lowest BCUT2D eigenvalue weighted by Gasteiger charge is -2.25. The van der Waals surface area contributed by atoms with E-state index in [0.717, 1.165) is 4.47 Å². The fourth-order valence-corrected chi connectivity index (χ4v) is 1.83. The monoisotopic (exact) mass is 333 g/mol. The summed E-state index contributed by atoms with van der Waals surface area (Å²) in [4.78, 5) is 0. The van der Waals surface area contributed by atoms with Gasteiger partial charge < -0.3 is 14.8 Å². The van der Waals surface area contributed by atoms with Gasteiger partial charge in [-0.05, 0) is 39.0 Å². The first kappa shape index (κ1) is 16.4. The summed E-state index contributed by atoms with van der Waals surface area (Å²) in [7, 11) is 1.60. The number of nitrogens with one attached hydrogen (secondary N) is 1. The van der Waals surface area contributed by atoms with Gasteiger partial charge in [0.2, 0.25) is 0 Å². The molecule has 1 aromatic carbocycles. The highest BCUT2D eigenvalue weighted by Gasteiger charge is 2.17. The molecule has 1 aromatic rings. The maximum Gasteiger partial charge on any atom is 0.165 e. The van der Waals surface area contributed by atoms with Crippen LogP contribution in [0.2, 0.25) is 0 Å². The summed E-state index contributed by atoms with van der Waals surface area (Å²) >= 11 is 3.30. The second-order valence-electron chi connectivity index (χ2n) is 5.40. The second-order valence-corrected chi connectivity index (χ2v) is 6.32. The van der Waals surface area contributed by atoms with Crippen LogP contribution in [0, 0.1) is 5.82 Å². The molecule has 0 aliphatic heterocycles. The van der Waals surface area contributed by atoms with Crippen molar-refractivity contribution in [1.29, 1.82) is 0 Å². The molecule has 108 valence electrons. The van der Waals surface area contributed by atoms with Gasteiger partial charge in [0.1, 0.15) is 6.10 Å². The Morgan fingerprint density at radius 3 is 2.63 bits per heavy atom. The molecular formula is C14H21BrFNO2. The van der Waals surface area contributed by atoms with Gasteiger partial charge >= 0.3 is 0 Å². The zero-order valence-electron chi connectivity index (χ0n) is 11.8. The Kier molecular flexibility index (Phi) is 6.23. The third-order valence-corrected chi connectivity index (χ3v) is 2.89. The van der Waals surface area contributed by atoms with Crippen molar-refractivity contribution in [2.24, 2.45) is 0 Å². The summed E-state index contributed by atoms with van der Waals surface area (Å²) in [5.41, 5.74) is -0.0227. The van der Waals surface area contributed by atoms with E-state index in [9.17, 15) is 4.39 Å². The molecule has 0 spiro atoms. The van der Waals surface area contributed by atoms with Crippen molar-refractivity contribution < 1.29 is 13.9 Å². The van der Waals surface area contributed by atoms with E-state index in [1.165, 1.54) is 6.07 Å². The molecule has 0 aromatic heterocycles. The molecule has 0 fully saturated rings. The first-order valence-corrected chi connectivity index (χ1v) is 6.97. The largest absolute Gasteiger partial charge is 0.484 e. The van der Waals surface area contributed by atoms with Crippen LogP contribution in [-0.4, -0.2) is 31.9 Å². The van der Waals surface area contributed by atoms with E-state index in [-0.39, 0.29) is 23.2 Å². The van der Waals surface area contributed by atoms with Gasteiger partial charge in [0.15, 0.2) is 11.6 Å². The number of hydrogen-bond donors (Lipinski definition) is 1. The van der Waals surface area contributed by atoms with Gasteiger partial charge in [0.25, 0.3) is 0 Å². The minimum absolute atomic E-state index is 0.0227.